The third kappa shape index (κ3) is 6.84. The third-order valence-corrected chi connectivity index (χ3v) is 7.23. The molecule has 6 nitrogen and oxygen atoms in total. The molecule has 10 heteroatoms. The molecule has 0 saturated heterocycles. The highest BCUT2D eigenvalue weighted by atomic mass is 79.9. The molecular weight excluding hydrogens is 532 g/mol. The summed E-state index contributed by atoms with van der Waals surface area (Å²) >= 11 is 6.48. The van der Waals surface area contributed by atoms with E-state index in [1.165, 1.54) is 24.3 Å². The summed E-state index contributed by atoms with van der Waals surface area (Å²) in [7, 11) is -7.35. The Hall–Kier alpha value is -1.48. The van der Waals surface area contributed by atoms with E-state index in [0.717, 1.165) is 8.95 Å². The predicted molar refractivity (Wildman–Crippen MR) is 116 cm³/mol. The molecule has 0 heterocycles. The molecule has 0 aliphatic rings. The van der Waals surface area contributed by atoms with E-state index < -0.39 is 20.0 Å². The molecule has 0 atom stereocenters. The van der Waals surface area contributed by atoms with Crippen LogP contribution in [0.3, 0.4) is 0 Å². The van der Waals surface area contributed by atoms with Crippen LogP contribution in [0, 0.1) is 11.8 Å². The Bertz CT molecular complexity index is 1120. The minimum absolute atomic E-state index is 0.0785. The number of hydrogen-bond acceptors (Lipinski definition) is 4. The molecule has 2 N–H and O–H groups in total. The lowest BCUT2D eigenvalue weighted by Crippen LogP contribution is -2.25. The second-order valence-corrected chi connectivity index (χ2v) is 10.8. The van der Waals surface area contributed by atoms with E-state index in [1.54, 1.807) is 24.3 Å². The molecule has 0 fully saturated rings. The van der Waals surface area contributed by atoms with Gasteiger partial charge in [0.1, 0.15) is 0 Å². The number of halogens is 2. The average molecular weight is 548 g/mol. The van der Waals surface area contributed by atoms with Gasteiger partial charge in [0.2, 0.25) is 20.0 Å². The summed E-state index contributed by atoms with van der Waals surface area (Å²) < 4.78 is 54.9. The third-order valence-electron chi connectivity index (χ3n) is 3.34. The Balaban J connectivity index is 1.88. The van der Waals surface area contributed by atoms with Crippen LogP contribution >= 0.6 is 31.9 Å². The Morgan fingerprint density at radius 3 is 1.71 bits per heavy atom. The minimum atomic E-state index is -3.68. The molecule has 148 valence electrons. The zero-order chi connectivity index (χ0) is 20.8. The fraction of sp³-hybridized carbons (Fsp3) is 0.111. The SMILES string of the molecule is C=C(C#CCNS(=O)(=O)c1ccc(Br)cc1)CNS(=O)(=O)c1ccc(Br)cc1. The van der Waals surface area contributed by atoms with Crippen molar-refractivity contribution in [3.8, 4) is 11.8 Å². The van der Waals surface area contributed by atoms with E-state index in [1.807, 2.05) is 0 Å². The van der Waals surface area contributed by atoms with Crippen molar-refractivity contribution in [2.24, 2.45) is 0 Å². The summed E-state index contributed by atoms with van der Waals surface area (Å²) in [6, 6.07) is 12.4. The molecule has 2 rings (SSSR count). The molecule has 0 radical (unpaired) electrons. The van der Waals surface area contributed by atoms with E-state index in [9.17, 15) is 16.8 Å². The summed E-state index contributed by atoms with van der Waals surface area (Å²) in [6.45, 7) is 3.47. The van der Waals surface area contributed by atoms with Crippen LogP contribution in [-0.4, -0.2) is 29.9 Å². The van der Waals surface area contributed by atoms with Gasteiger partial charge in [0, 0.05) is 21.1 Å². The maximum Gasteiger partial charge on any atom is 0.241 e. The first-order valence-corrected chi connectivity index (χ1v) is 12.3. The molecule has 2 aromatic carbocycles. The molecule has 0 unspecified atom stereocenters. The fourth-order valence-corrected chi connectivity index (χ4v) is 4.40. The van der Waals surface area contributed by atoms with Crippen molar-refractivity contribution >= 4 is 51.9 Å². The number of hydrogen-bond donors (Lipinski definition) is 2. The highest BCUT2D eigenvalue weighted by molar-refractivity contribution is 9.10. The molecule has 0 spiro atoms. The van der Waals surface area contributed by atoms with Crippen LogP contribution in [-0.2, 0) is 20.0 Å². The summed E-state index contributed by atoms with van der Waals surface area (Å²) in [6.07, 6.45) is 0. The zero-order valence-electron chi connectivity index (χ0n) is 14.4. The van der Waals surface area contributed by atoms with Crippen molar-refractivity contribution in [2.45, 2.75) is 9.79 Å². The first-order chi connectivity index (χ1) is 13.1. The molecule has 28 heavy (non-hydrogen) atoms. The smallest absolute Gasteiger partial charge is 0.207 e. The lowest BCUT2D eigenvalue weighted by molar-refractivity contribution is 0.584. The van der Waals surface area contributed by atoms with Gasteiger partial charge in [-0.3, -0.25) is 0 Å². The Kier molecular flexibility index (Phi) is 8.00. The summed E-state index contributed by atoms with van der Waals surface area (Å²) in [5.74, 6) is 5.25. The average Bonchev–Trinajstić information content (AvgIpc) is 2.64. The van der Waals surface area contributed by atoms with Crippen molar-refractivity contribution in [3.05, 3.63) is 69.6 Å². The van der Waals surface area contributed by atoms with E-state index in [2.05, 4.69) is 59.7 Å². The zero-order valence-corrected chi connectivity index (χ0v) is 19.3. The predicted octanol–water partition coefficient (Wildman–Crippen LogP) is 3.03. The highest BCUT2D eigenvalue weighted by Gasteiger charge is 2.13. The second-order valence-electron chi connectivity index (χ2n) is 5.46. The molecule has 2 aromatic rings. The van der Waals surface area contributed by atoms with Gasteiger partial charge in [-0.25, -0.2) is 21.6 Å². The second kappa shape index (κ2) is 9.82. The number of nitrogens with one attached hydrogen (secondary N) is 2. The molecule has 0 amide bonds. The Morgan fingerprint density at radius 2 is 1.25 bits per heavy atom. The highest BCUT2D eigenvalue weighted by Crippen LogP contribution is 2.15. The summed E-state index contributed by atoms with van der Waals surface area (Å²) in [4.78, 5) is 0.248. The van der Waals surface area contributed by atoms with Crippen molar-refractivity contribution in [1.29, 1.82) is 0 Å². The van der Waals surface area contributed by atoms with Gasteiger partial charge in [-0.2, -0.15) is 4.72 Å². The van der Waals surface area contributed by atoms with Crippen LogP contribution in [0.25, 0.3) is 0 Å². The van der Waals surface area contributed by atoms with Gasteiger partial charge in [0.05, 0.1) is 16.3 Å². The lowest BCUT2D eigenvalue weighted by Gasteiger charge is -2.06. The molecule has 0 aliphatic carbocycles. The maximum absolute atomic E-state index is 12.2. The van der Waals surface area contributed by atoms with E-state index in [-0.39, 0.29) is 22.9 Å². The van der Waals surface area contributed by atoms with Gasteiger partial charge in [-0.1, -0.05) is 50.3 Å². The van der Waals surface area contributed by atoms with E-state index >= 15 is 0 Å². The van der Waals surface area contributed by atoms with Gasteiger partial charge in [0.15, 0.2) is 0 Å². The van der Waals surface area contributed by atoms with Crippen LogP contribution in [0.4, 0.5) is 0 Å². The van der Waals surface area contributed by atoms with Crippen molar-refractivity contribution in [3.63, 3.8) is 0 Å². The van der Waals surface area contributed by atoms with Gasteiger partial charge in [0.25, 0.3) is 0 Å². The molecule has 0 saturated carbocycles. The van der Waals surface area contributed by atoms with E-state index in [0.29, 0.717) is 5.57 Å². The Morgan fingerprint density at radius 1 is 0.821 bits per heavy atom. The first-order valence-electron chi connectivity index (χ1n) is 7.77. The quantitative estimate of drug-likeness (QED) is 0.521. The molecule has 0 aromatic heterocycles. The maximum atomic E-state index is 12.2. The number of sulfonamides is 2. The van der Waals surface area contributed by atoms with Gasteiger partial charge in [-0.05, 0) is 48.5 Å². The molecular formula is C18H16Br2N2O4S2. The monoisotopic (exact) mass is 546 g/mol. The van der Waals surface area contributed by atoms with Gasteiger partial charge in [-0.15, -0.1) is 0 Å². The van der Waals surface area contributed by atoms with Gasteiger partial charge < -0.3 is 0 Å². The Labute approximate surface area is 181 Å². The summed E-state index contributed by atoms with van der Waals surface area (Å²) in [5, 5.41) is 0. The summed E-state index contributed by atoms with van der Waals surface area (Å²) in [5.41, 5.74) is 0.309. The van der Waals surface area contributed by atoms with Gasteiger partial charge >= 0.3 is 0 Å². The van der Waals surface area contributed by atoms with Crippen molar-refractivity contribution in [1.82, 2.24) is 9.44 Å². The standard InChI is InChI=1S/C18H16Br2N2O4S2/c1-14(13-22-28(25,26)18-10-6-16(20)7-11-18)3-2-12-21-27(23,24)17-8-4-15(19)5-9-17/h4-11,21-22H,1,12-13H2. The topological polar surface area (TPSA) is 92.3 Å². The van der Waals surface area contributed by atoms with Crippen molar-refractivity contribution in [2.75, 3.05) is 13.1 Å². The molecule has 0 aliphatic heterocycles. The fourth-order valence-electron chi connectivity index (χ4n) is 1.92. The number of benzene rings is 2. The van der Waals surface area contributed by atoms with Crippen LogP contribution in [0.2, 0.25) is 0 Å². The minimum Gasteiger partial charge on any atom is -0.207 e. The normalized spacial score (nSPS) is 11.5. The largest absolute Gasteiger partial charge is 0.241 e. The van der Waals surface area contributed by atoms with E-state index in [4.69, 9.17) is 0 Å². The first kappa shape index (κ1) is 22.8. The van der Waals surface area contributed by atoms with Crippen LogP contribution in [0.1, 0.15) is 0 Å². The van der Waals surface area contributed by atoms with Crippen LogP contribution in [0.15, 0.2) is 79.4 Å². The number of rotatable bonds is 7. The lowest BCUT2D eigenvalue weighted by atomic mass is 10.3. The van der Waals surface area contributed by atoms with Crippen LogP contribution in [0.5, 0.6) is 0 Å². The van der Waals surface area contributed by atoms with Crippen molar-refractivity contribution < 1.29 is 16.8 Å². The molecule has 0 bridgehead atoms. The van der Waals surface area contributed by atoms with Crippen LogP contribution < -0.4 is 9.44 Å².